The minimum atomic E-state index is -0.293. The monoisotopic (exact) mass is 814 g/mol. The highest BCUT2D eigenvalue weighted by Crippen LogP contribution is 2.13. The maximum atomic E-state index is 12.7. The molecule has 0 rings (SSSR count). The molecule has 0 fully saturated rings. The van der Waals surface area contributed by atoms with Gasteiger partial charge in [-0.05, 0) is 67.2 Å². The Kier molecular flexibility index (Phi) is 35.2. The third kappa shape index (κ3) is 41.6. The van der Waals surface area contributed by atoms with Crippen LogP contribution in [0.2, 0.25) is 0 Å². The SMILES string of the molecule is CCCCCCCCCCCCCCCC(=O)NCCOCCOCCC(=O)NCCOCCOCCC(=O)NCCCCC(NC(C)(C)C)C(=O)NC(C)(C)C. The van der Waals surface area contributed by atoms with Gasteiger partial charge in [0.05, 0.1) is 58.9 Å². The van der Waals surface area contributed by atoms with E-state index in [0.29, 0.717) is 85.3 Å². The molecule has 5 N–H and O–H groups in total. The summed E-state index contributed by atoms with van der Waals surface area (Å²) >= 11 is 0. The number of ether oxygens (including phenoxy) is 4. The van der Waals surface area contributed by atoms with E-state index in [9.17, 15) is 19.2 Å². The Labute approximate surface area is 347 Å². The smallest absolute Gasteiger partial charge is 0.237 e. The number of carbonyl (C=O) groups is 4. The van der Waals surface area contributed by atoms with Gasteiger partial charge >= 0.3 is 0 Å². The summed E-state index contributed by atoms with van der Waals surface area (Å²) in [7, 11) is 0. The lowest BCUT2D eigenvalue weighted by Gasteiger charge is -2.31. The molecule has 0 aromatic rings. The van der Waals surface area contributed by atoms with Crippen LogP contribution in [0.5, 0.6) is 0 Å². The average Bonchev–Trinajstić information content (AvgIpc) is 3.13. The van der Waals surface area contributed by atoms with Gasteiger partial charge in [-0.3, -0.25) is 19.2 Å². The van der Waals surface area contributed by atoms with Crippen LogP contribution in [0.15, 0.2) is 0 Å². The van der Waals surface area contributed by atoms with Gasteiger partial charge in [0.15, 0.2) is 0 Å². The van der Waals surface area contributed by atoms with Gasteiger partial charge in [0.25, 0.3) is 0 Å². The molecule has 0 aromatic heterocycles. The van der Waals surface area contributed by atoms with E-state index in [0.717, 1.165) is 25.7 Å². The molecule has 13 nitrogen and oxygen atoms in total. The first kappa shape index (κ1) is 54.7. The van der Waals surface area contributed by atoms with Crippen LogP contribution in [-0.2, 0) is 38.1 Å². The second-order valence-electron chi connectivity index (χ2n) is 17.2. The van der Waals surface area contributed by atoms with Crippen LogP contribution in [0.4, 0.5) is 0 Å². The van der Waals surface area contributed by atoms with Gasteiger partial charge in [-0.25, -0.2) is 0 Å². The molecular weight excluding hydrogens is 727 g/mol. The topological polar surface area (TPSA) is 165 Å². The molecule has 336 valence electrons. The number of hydrogen-bond donors (Lipinski definition) is 5. The van der Waals surface area contributed by atoms with Crippen molar-refractivity contribution in [2.45, 2.75) is 188 Å². The van der Waals surface area contributed by atoms with Crippen molar-refractivity contribution in [1.29, 1.82) is 0 Å². The highest BCUT2D eigenvalue weighted by molar-refractivity contribution is 5.82. The molecule has 0 saturated carbocycles. The van der Waals surface area contributed by atoms with Crippen molar-refractivity contribution in [3.63, 3.8) is 0 Å². The second kappa shape index (κ2) is 36.7. The van der Waals surface area contributed by atoms with E-state index >= 15 is 0 Å². The fourth-order valence-electron chi connectivity index (χ4n) is 6.02. The van der Waals surface area contributed by atoms with Crippen LogP contribution in [0, 0.1) is 0 Å². The molecule has 13 heteroatoms. The van der Waals surface area contributed by atoms with E-state index in [4.69, 9.17) is 18.9 Å². The standard InChI is InChI=1S/C44H87N5O8/c1-8-9-10-11-12-13-14-15-16-17-18-19-20-24-39(50)46-28-32-56-36-35-55-31-26-41(52)47-29-33-57-37-34-54-30-25-40(51)45-27-22-21-23-38(48-43(2,3)4)42(53)49-44(5,6)7/h38,48H,8-37H2,1-7H3,(H,45,51)(H,46,50)(H,47,52)(H,49,53). The zero-order valence-corrected chi connectivity index (χ0v) is 37.6. The van der Waals surface area contributed by atoms with E-state index < -0.39 is 0 Å². The van der Waals surface area contributed by atoms with Gasteiger partial charge in [0.1, 0.15) is 0 Å². The molecule has 0 spiro atoms. The molecule has 0 aliphatic heterocycles. The molecule has 1 unspecified atom stereocenters. The molecule has 0 radical (unpaired) electrons. The first-order chi connectivity index (χ1) is 27.2. The number of rotatable bonds is 39. The molecule has 0 heterocycles. The van der Waals surface area contributed by atoms with E-state index in [2.05, 4.69) is 33.5 Å². The van der Waals surface area contributed by atoms with Crippen molar-refractivity contribution in [3.05, 3.63) is 0 Å². The van der Waals surface area contributed by atoms with Crippen molar-refractivity contribution in [1.82, 2.24) is 26.6 Å². The normalized spacial score (nSPS) is 12.3. The molecular formula is C44H87N5O8. The molecule has 4 amide bonds. The Balaban J connectivity index is 3.53. The number of nitrogens with one attached hydrogen (secondary N) is 5. The van der Waals surface area contributed by atoms with Gasteiger partial charge in [-0.1, -0.05) is 84.0 Å². The Hall–Kier alpha value is -2.32. The van der Waals surface area contributed by atoms with Crippen LogP contribution in [0.1, 0.15) is 170 Å². The van der Waals surface area contributed by atoms with Gasteiger partial charge in [-0.15, -0.1) is 0 Å². The molecule has 1 atom stereocenters. The minimum Gasteiger partial charge on any atom is -0.379 e. The lowest BCUT2D eigenvalue weighted by atomic mass is 10.0. The van der Waals surface area contributed by atoms with Crippen molar-refractivity contribution in [2.24, 2.45) is 0 Å². The Morgan fingerprint density at radius 2 is 0.842 bits per heavy atom. The zero-order chi connectivity index (χ0) is 42.5. The highest BCUT2D eigenvalue weighted by Gasteiger charge is 2.26. The lowest BCUT2D eigenvalue weighted by molar-refractivity contribution is -0.125. The van der Waals surface area contributed by atoms with Crippen LogP contribution >= 0.6 is 0 Å². The molecule has 0 aliphatic rings. The Bertz CT molecular complexity index is 1000. The Morgan fingerprint density at radius 1 is 0.439 bits per heavy atom. The average molecular weight is 814 g/mol. The predicted molar refractivity (Wildman–Crippen MR) is 230 cm³/mol. The van der Waals surface area contributed by atoms with E-state index in [-0.39, 0.29) is 53.6 Å². The molecule has 0 bridgehead atoms. The number of carbonyl (C=O) groups excluding carboxylic acids is 4. The summed E-state index contributed by atoms with van der Waals surface area (Å²) in [6.07, 6.45) is 20.2. The summed E-state index contributed by atoms with van der Waals surface area (Å²) < 4.78 is 22.0. The molecule has 0 saturated heterocycles. The third-order valence-electron chi connectivity index (χ3n) is 9.00. The summed E-state index contributed by atoms with van der Waals surface area (Å²) in [5.41, 5.74) is -0.476. The van der Waals surface area contributed by atoms with Crippen molar-refractivity contribution >= 4 is 23.6 Å². The number of amides is 4. The fourth-order valence-corrected chi connectivity index (χ4v) is 6.02. The molecule has 57 heavy (non-hydrogen) atoms. The van der Waals surface area contributed by atoms with Gasteiger partial charge in [0.2, 0.25) is 23.6 Å². The van der Waals surface area contributed by atoms with E-state index in [1.807, 2.05) is 41.5 Å². The number of hydrogen-bond acceptors (Lipinski definition) is 9. The van der Waals surface area contributed by atoms with Crippen LogP contribution in [-0.4, -0.2) is 113 Å². The Morgan fingerprint density at radius 3 is 1.28 bits per heavy atom. The maximum Gasteiger partial charge on any atom is 0.237 e. The van der Waals surface area contributed by atoms with Gasteiger partial charge < -0.3 is 45.5 Å². The van der Waals surface area contributed by atoms with Crippen LogP contribution in [0.25, 0.3) is 0 Å². The van der Waals surface area contributed by atoms with Crippen molar-refractivity contribution in [2.75, 3.05) is 72.5 Å². The molecule has 0 aromatic carbocycles. The lowest BCUT2D eigenvalue weighted by Crippen LogP contribution is -2.55. The van der Waals surface area contributed by atoms with Gasteiger partial charge in [-0.2, -0.15) is 0 Å². The fraction of sp³-hybridized carbons (Fsp3) is 0.909. The van der Waals surface area contributed by atoms with Crippen molar-refractivity contribution < 1.29 is 38.1 Å². The first-order valence-corrected chi connectivity index (χ1v) is 22.4. The highest BCUT2D eigenvalue weighted by atomic mass is 16.5. The molecule has 0 aliphatic carbocycles. The second-order valence-corrected chi connectivity index (χ2v) is 17.2. The van der Waals surface area contributed by atoms with Crippen molar-refractivity contribution in [3.8, 4) is 0 Å². The number of unbranched alkanes of at least 4 members (excludes halogenated alkanes) is 13. The third-order valence-corrected chi connectivity index (χ3v) is 9.00. The van der Waals surface area contributed by atoms with Crippen LogP contribution in [0.3, 0.4) is 0 Å². The largest absolute Gasteiger partial charge is 0.379 e. The van der Waals surface area contributed by atoms with Crippen LogP contribution < -0.4 is 26.6 Å². The van der Waals surface area contributed by atoms with E-state index in [1.54, 1.807) is 0 Å². The summed E-state index contributed by atoms with van der Waals surface area (Å²) in [6.45, 7) is 18.7. The summed E-state index contributed by atoms with van der Waals surface area (Å²) in [5.74, 6) is -0.0968. The summed E-state index contributed by atoms with van der Waals surface area (Å²) in [6, 6.07) is -0.287. The quantitative estimate of drug-likeness (QED) is 0.0436. The van der Waals surface area contributed by atoms with E-state index in [1.165, 1.54) is 70.6 Å². The maximum absolute atomic E-state index is 12.7. The minimum absolute atomic E-state index is 0.00297. The first-order valence-electron chi connectivity index (χ1n) is 22.4. The summed E-state index contributed by atoms with van der Waals surface area (Å²) in [4.78, 5) is 48.9. The van der Waals surface area contributed by atoms with Gasteiger partial charge in [0, 0.05) is 50.0 Å². The zero-order valence-electron chi connectivity index (χ0n) is 37.6. The predicted octanol–water partition coefficient (Wildman–Crippen LogP) is 6.50. The summed E-state index contributed by atoms with van der Waals surface area (Å²) in [5, 5.41) is 15.1.